The van der Waals surface area contributed by atoms with Gasteiger partial charge in [-0.15, -0.1) is 0 Å². The summed E-state index contributed by atoms with van der Waals surface area (Å²) < 4.78 is 0. The summed E-state index contributed by atoms with van der Waals surface area (Å²) in [5.41, 5.74) is -2.74. The summed E-state index contributed by atoms with van der Waals surface area (Å²) in [7, 11) is 0. The molecule has 0 unspecified atom stereocenters. The molecule has 0 aliphatic heterocycles. The van der Waals surface area contributed by atoms with Crippen LogP contribution < -0.4 is 118 Å². The normalized spacial score (nSPS) is 8.29. The number of hydrogen-bond acceptors (Lipinski definition) is 4. The van der Waals surface area contributed by atoms with Crippen LogP contribution >= 0.6 is 0 Å². The van der Waals surface area contributed by atoms with Gasteiger partial charge in [-0.1, -0.05) is 0 Å². The van der Waals surface area contributed by atoms with Crippen LogP contribution in [0.3, 0.4) is 0 Å². The van der Waals surface area contributed by atoms with Crippen molar-refractivity contribution in [1.29, 1.82) is 0 Å². The van der Waals surface area contributed by atoms with Gasteiger partial charge in [-0.25, -0.2) is 4.79 Å². The molecule has 0 aliphatic carbocycles. The van der Waals surface area contributed by atoms with Crippen LogP contribution in [0, 0.1) is 0 Å². The molecule has 0 aromatic heterocycles. The molecule has 0 heterocycles. The molecule has 0 amide bonds. The van der Waals surface area contributed by atoms with Crippen LogP contribution in [-0.4, -0.2) is 43.9 Å². The molecule has 17 heavy (non-hydrogen) atoms. The zero-order valence-electron chi connectivity index (χ0n) is 14.4. The van der Waals surface area contributed by atoms with E-state index in [-0.39, 0.29) is 124 Å². The van der Waals surface area contributed by atoms with Crippen molar-refractivity contribution in [3.8, 4) is 0 Å². The number of carboxylic acids is 3. The number of aliphatic hydroxyl groups is 1. The van der Waals surface area contributed by atoms with Gasteiger partial charge in [0.15, 0.2) is 5.60 Å². The first-order chi connectivity index (χ1) is 5.78. The second-order valence-corrected chi connectivity index (χ2v) is 2.48. The van der Waals surface area contributed by atoms with Crippen LogP contribution in [0.2, 0.25) is 0 Å². The molecule has 7 nitrogen and oxygen atoms in total. The summed E-state index contributed by atoms with van der Waals surface area (Å²) in [6.45, 7) is 0. The summed E-state index contributed by atoms with van der Waals surface area (Å²) >= 11 is 0. The molecule has 0 bridgehead atoms. The predicted octanol–water partition coefficient (Wildman–Crippen LogP) is -12.8. The van der Waals surface area contributed by atoms with Crippen molar-refractivity contribution in [2.75, 3.05) is 0 Å². The minimum atomic E-state index is -2.74. The second kappa shape index (κ2) is 14.8. The van der Waals surface area contributed by atoms with Gasteiger partial charge in [-0.05, 0) is 0 Å². The topological polar surface area (TPSA) is 132 Å². The van der Waals surface area contributed by atoms with E-state index in [1.54, 1.807) is 0 Å². The van der Waals surface area contributed by atoms with Crippen LogP contribution in [0.5, 0.6) is 0 Å². The maximum Gasteiger partial charge on any atom is 1.00 e. The Kier molecular flexibility index (Phi) is 27.5. The fraction of sp³-hybridized carbons (Fsp3) is 0.500. The Hall–Kier alpha value is 2.37. The zero-order valence-corrected chi connectivity index (χ0v) is 18.4. The fourth-order valence-electron chi connectivity index (χ4n) is 0.714. The molecule has 0 fully saturated rings. The second-order valence-electron chi connectivity index (χ2n) is 2.48. The largest absolute Gasteiger partial charge is 1.00 e. The van der Waals surface area contributed by atoms with Crippen LogP contribution in [0.25, 0.3) is 0 Å². The molecule has 82 valence electrons. The zero-order chi connectivity index (χ0) is 10.6. The van der Waals surface area contributed by atoms with Crippen molar-refractivity contribution in [1.82, 2.24) is 0 Å². The van der Waals surface area contributed by atoms with Gasteiger partial charge in [0.05, 0.1) is 12.8 Å². The van der Waals surface area contributed by atoms with Crippen molar-refractivity contribution in [3.05, 3.63) is 0 Å². The molecule has 0 aliphatic rings. The minimum Gasteiger partial charge on any atom is -1.00 e. The molecule has 0 spiro atoms. The molecule has 0 saturated carbocycles. The summed E-state index contributed by atoms with van der Waals surface area (Å²) in [6, 6.07) is 0. The van der Waals surface area contributed by atoms with E-state index >= 15 is 0 Å². The Labute approximate surface area is 192 Å². The van der Waals surface area contributed by atoms with Gasteiger partial charge in [0, 0.05) is 0 Å². The third kappa shape index (κ3) is 14.6. The molecular formula is C6H12Na4O7. The third-order valence-electron chi connectivity index (χ3n) is 1.29. The van der Waals surface area contributed by atoms with Crippen molar-refractivity contribution in [2.45, 2.75) is 18.4 Å². The molecule has 0 radical (unpaired) electrons. The molecule has 0 rings (SSSR count). The predicted molar refractivity (Wildman–Crippen MR) is 41.5 cm³/mol. The van der Waals surface area contributed by atoms with Crippen molar-refractivity contribution < 1.29 is 159 Å². The standard InChI is InChI=1S/C6H8O7.4Na.4H/c7-3(8)1-6(13,5(11)12)2-4(9)10;;;;;;;;/h13H,1-2H2,(H,7,8)(H,9,10)(H,11,12);;;;;;;;/q;4*+1;4*-1. The Bertz CT molecular complexity index is 256. The van der Waals surface area contributed by atoms with Gasteiger partial charge in [-0.3, -0.25) is 9.59 Å². The SMILES string of the molecule is O=C(O)CC(O)(CC(=O)O)C(=O)O.[H-].[H-].[H-].[H-].[Na+].[Na+].[Na+].[Na+]. The summed E-state index contributed by atoms with van der Waals surface area (Å²) in [5.74, 6) is -5.02. The van der Waals surface area contributed by atoms with Gasteiger partial charge in [-0.2, -0.15) is 0 Å². The van der Waals surface area contributed by atoms with Crippen LogP contribution in [-0.2, 0) is 14.4 Å². The van der Waals surface area contributed by atoms with E-state index in [1.165, 1.54) is 0 Å². The number of rotatable bonds is 5. The smallest absolute Gasteiger partial charge is 1.00 e. The Morgan fingerprint density at radius 1 is 0.824 bits per heavy atom. The van der Waals surface area contributed by atoms with E-state index in [1.807, 2.05) is 0 Å². The van der Waals surface area contributed by atoms with E-state index in [0.717, 1.165) is 0 Å². The van der Waals surface area contributed by atoms with Crippen molar-refractivity contribution in [3.63, 3.8) is 0 Å². The first kappa shape index (κ1) is 31.7. The van der Waals surface area contributed by atoms with E-state index < -0.39 is 36.4 Å². The maximum absolute atomic E-state index is 10.3. The fourth-order valence-corrected chi connectivity index (χ4v) is 0.714. The summed E-state index contributed by atoms with van der Waals surface area (Å²) in [4.78, 5) is 30.5. The number of hydrogen-bond donors (Lipinski definition) is 4. The number of carbonyl (C=O) groups is 3. The Morgan fingerprint density at radius 2 is 1.06 bits per heavy atom. The van der Waals surface area contributed by atoms with Crippen molar-refractivity contribution >= 4 is 17.9 Å². The van der Waals surface area contributed by atoms with Gasteiger partial charge >= 0.3 is 136 Å². The minimum absolute atomic E-state index is 0. The van der Waals surface area contributed by atoms with Gasteiger partial charge in [0.1, 0.15) is 0 Å². The van der Waals surface area contributed by atoms with E-state index in [2.05, 4.69) is 0 Å². The van der Waals surface area contributed by atoms with E-state index in [9.17, 15) is 14.4 Å². The maximum atomic E-state index is 10.3. The quantitative estimate of drug-likeness (QED) is 0.369. The van der Waals surface area contributed by atoms with Gasteiger partial charge in [0.25, 0.3) is 0 Å². The third-order valence-corrected chi connectivity index (χ3v) is 1.29. The first-order valence-corrected chi connectivity index (χ1v) is 3.17. The molecule has 11 heteroatoms. The Balaban J connectivity index is -0.0000000257. The monoisotopic (exact) mass is 288 g/mol. The average molecular weight is 288 g/mol. The first-order valence-electron chi connectivity index (χ1n) is 3.17. The van der Waals surface area contributed by atoms with Crippen LogP contribution in [0.15, 0.2) is 0 Å². The van der Waals surface area contributed by atoms with Crippen LogP contribution in [0.1, 0.15) is 18.5 Å². The average Bonchev–Trinajstić information content (AvgIpc) is 1.82. The Morgan fingerprint density at radius 3 is 1.18 bits per heavy atom. The molecule has 0 aromatic rings. The van der Waals surface area contributed by atoms with E-state index in [4.69, 9.17) is 20.4 Å². The van der Waals surface area contributed by atoms with Gasteiger partial charge < -0.3 is 26.1 Å². The molecule has 0 aromatic carbocycles. The van der Waals surface area contributed by atoms with Crippen LogP contribution in [0.4, 0.5) is 0 Å². The molecule has 0 atom stereocenters. The summed E-state index contributed by atoms with van der Waals surface area (Å²) in [5, 5.41) is 33.8. The summed E-state index contributed by atoms with van der Waals surface area (Å²) in [6.07, 6.45) is -2.29. The molecule has 0 saturated heterocycles. The number of carboxylic acid groups (broad SMARTS) is 3. The molecular weight excluding hydrogens is 276 g/mol. The number of aliphatic carboxylic acids is 3. The van der Waals surface area contributed by atoms with E-state index in [0.29, 0.717) is 0 Å². The van der Waals surface area contributed by atoms with Gasteiger partial charge in [0.2, 0.25) is 0 Å². The van der Waals surface area contributed by atoms with Crippen molar-refractivity contribution in [2.24, 2.45) is 0 Å². The molecule has 4 N–H and O–H groups in total.